The molecule has 3 heterocycles. The van der Waals surface area contributed by atoms with Gasteiger partial charge >= 0.3 is 0 Å². The molecule has 2 spiro atoms. The second-order valence-electron chi connectivity index (χ2n) is 11.3. The summed E-state index contributed by atoms with van der Waals surface area (Å²) in [5, 5.41) is 37.3. The van der Waals surface area contributed by atoms with E-state index < -0.39 is 52.1 Å². The molecule has 7 heteroatoms. The van der Waals surface area contributed by atoms with Crippen LogP contribution in [0.25, 0.3) is 0 Å². The molecule has 5 saturated carbocycles. The minimum atomic E-state index is -1.97. The Morgan fingerprint density at radius 1 is 1.17 bits per heavy atom. The Balaban J connectivity index is 1.50. The predicted octanol–water partition coefficient (Wildman–Crippen LogP) is -0.405. The van der Waals surface area contributed by atoms with E-state index in [9.17, 15) is 24.9 Å². The van der Waals surface area contributed by atoms with Crippen molar-refractivity contribution in [2.24, 2.45) is 51.8 Å². The monoisotopic (exact) mass is 401 g/mol. The highest BCUT2D eigenvalue weighted by Crippen LogP contribution is 2.84. The van der Waals surface area contributed by atoms with Gasteiger partial charge in [0.05, 0.1) is 30.1 Å². The first-order valence-electron chi connectivity index (χ1n) is 10.8. The summed E-state index contributed by atoms with van der Waals surface area (Å²) in [6, 6.07) is -0.411. The number of Topliss-reactive ketones (excluding diaryl/α,β-unsaturated/α-hetero) is 1. The number of rotatable bonds is 0. The number of hydrogen-bond donors (Lipinski definition) is 4. The summed E-state index contributed by atoms with van der Waals surface area (Å²) < 4.78 is 6.03. The van der Waals surface area contributed by atoms with Crippen LogP contribution in [0.5, 0.6) is 0 Å². The number of amides is 1. The van der Waals surface area contributed by atoms with Crippen LogP contribution in [0.1, 0.15) is 26.7 Å². The van der Waals surface area contributed by atoms with E-state index in [1.807, 2.05) is 13.8 Å². The lowest BCUT2D eigenvalue weighted by Gasteiger charge is -2.84. The maximum atomic E-state index is 13.6. The van der Waals surface area contributed by atoms with E-state index in [1.165, 1.54) is 0 Å². The highest BCUT2D eigenvalue weighted by atomic mass is 16.6. The van der Waals surface area contributed by atoms with E-state index in [2.05, 4.69) is 11.9 Å². The SMILES string of the molecule is C=C1C2C(=O)[C@]34[C@H]2[C@H]1CC[C@H]3[C@@]12CO[C@]4(O)[C@@H](O)[C@@H]1C(C)(C)[C@@H](O)[C@H]1NC(=O)[C@H]12. The Morgan fingerprint density at radius 3 is 2.59 bits per heavy atom. The molecule has 156 valence electrons. The number of ether oxygens (including phenoxy) is 1. The van der Waals surface area contributed by atoms with Gasteiger partial charge in [-0.05, 0) is 36.0 Å². The van der Waals surface area contributed by atoms with E-state index in [0.29, 0.717) is 6.42 Å². The van der Waals surface area contributed by atoms with Crippen LogP contribution in [0.4, 0.5) is 0 Å². The van der Waals surface area contributed by atoms with Crippen LogP contribution in [0.2, 0.25) is 0 Å². The molecule has 0 aromatic carbocycles. The molecular formula is C22H27NO6. The fraction of sp³-hybridized carbons (Fsp3) is 0.818. The molecule has 1 unspecified atom stereocenters. The number of β-lactam (4-membered cyclic amide) rings is 1. The first-order valence-corrected chi connectivity index (χ1v) is 10.8. The van der Waals surface area contributed by atoms with Gasteiger partial charge in [0.25, 0.3) is 0 Å². The minimum Gasteiger partial charge on any atom is -0.390 e. The summed E-state index contributed by atoms with van der Waals surface area (Å²) in [6.45, 7) is 8.04. The topological polar surface area (TPSA) is 116 Å². The Labute approximate surface area is 168 Å². The van der Waals surface area contributed by atoms with Crippen molar-refractivity contribution in [1.29, 1.82) is 0 Å². The van der Waals surface area contributed by atoms with Crippen molar-refractivity contribution in [2.75, 3.05) is 6.61 Å². The fourth-order valence-electron chi connectivity index (χ4n) is 9.84. The van der Waals surface area contributed by atoms with Crippen LogP contribution in [0.15, 0.2) is 12.2 Å². The summed E-state index contributed by atoms with van der Waals surface area (Å²) in [5.74, 6) is -3.57. The van der Waals surface area contributed by atoms with Crippen LogP contribution < -0.4 is 5.32 Å². The molecule has 0 aromatic heterocycles. The Hall–Kier alpha value is -1.28. The van der Waals surface area contributed by atoms with Gasteiger partial charge in [0.2, 0.25) is 11.7 Å². The van der Waals surface area contributed by atoms with Gasteiger partial charge < -0.3 is 25.4 Å². The second kappa shape index (κ2) is 4.35. The van der Waals surface area contributed by atoms with Gasteiger partial charge in [-0.2, -0.15) is 0 Å². The van der Waals surface area contributed by atoms with Gasteiger partial charge in [-0.3, -0.25) is 9.59 Å². The zero-order chi connectivity index (χ0) is 20.5. The molecule has 3 saturated heterocycles. The van der Waals surface area contributed by atoms with Crippen LogP contribution in [0.3, 0.4) is 0 Å². The summed E-state index contributed by atoms with van der Waals surface area (Å²) in [5.41, 5.74) is -1.71. The zero-order valence-corrected chi connectivity index (χ0v) is 16.6. The van der Waals surface area contributed by atoms with Crippen molar-refractivity contribution < 1.29 is 29.6 Å². The molecule has 5 aliphatic carbocycles. The molecule has 1 amide bonds. The first-order chi connectivity index (χ1) is 13.6. The van der Waals surface area contributed by atoms with Crippen LogP contribution >= 0.6 is 0 Å². The molecule has 8 fully saturated rings. The van der Waals surface area contributed by atoms with Crippen LogP contribution in [-0.2, 0) is 14.3 Å². The molecule has 29 heavy (non-hydrogen) atoms. The number of aliphatic hydroxyl groups is 3. The van der Waals surface area contributed by atoms with Crippen LogP contribution in [0, 0.1) is 51.8 Å². The number of carbonyl (C=O) groups excluding carboxylic acids is 2. The van der Waals surface area contributed by atoms with Gasteiger partial charge in [0, 0.05) is 17.3 Å². The molecule has 12 atom stereocenters. The quantitative estimate of drug-likeness (QED) is 0.324. The van der Waals surface area contributed by atoms with Crippen molar-refractivity contribution in [3.63, 3.8) is 0 Å². The van der Waals surface area contributed by atoms with E-state index in [0.717, 1.165) is 12.0 Å². The standard InChI is InChI=1S/C22H27NO6/c1-7-8-4-5-9-20-6-29-22(28,21(9)11(8)10(7)15(21)24)17(26)14(20)19(2,3)16(25)13-12(20)18(27)23-13/h8-14,16-17,25-26,28H,1,4-6H2,2-3H3,(H,23,27)/t8-,9-,10?,11-,12-,13-,14+,16-,17-,20+,21+,22+/m0/s1. The third-order valence-corrected chi connectivity index (χ3v) is 10.7. The maximum Gasteiger partial charge on any atom is 0.226 e. The van der Waals surface area contributed by atoms with Gasteiger partial charge in [-0.25, -0.2) is 0 Å². The normalized spacial score (nSPS) is 65.0. The highest BCUT2D eigenvalue weighted by molar-refractivity contribution is 6.01. The summed E-state index contributed by atoms with van der Waals surface area (Å²) >= 11 is 0. The van der Waals surface area contributed by atoms with Crippen molar-refractivity contribution in [3.8, 4) is 0 Å². The molecule has 2 bridgehead atoms. The lowest BCUT2D eigenvalue weighted by Crippen LogP contribution is -2.94. The molecule has 8 rings (SSSR count). The lowest BCUT2D eigenvalue weighted by molar-refractivity contribution is -0.477. The average molecular weight is 401 g/mol. The van der Waals surface area contributed by atoms with E-state index in [1.54, 1.807) is 0 Å². The Kier molecular flexibility index (Phi) is 2.61. The van der Waals surface area contributed by atoms with E-state index in [4.69, 9.17) is 4.74 Å². The fourth-order valence-corrected chi connectivity index (χ4v) is 9.84. The van der Waals surface area contributed by atoms with Gasteiger partial charge in [0.15, 0.2) is 5.78 Å². The summed E-state index contributed by atoms with van der Waals surface area (Å²) in [6.07, 6.45) is -0.568. The minimum absolute atomic E-state index is 0.0597. The molecular weight excluding hydrogens is 374 g/mol. The summed E-state index contributed by atoms with van der Waals surface area (Å²) in [4.78, 5) is 26.4. The molecule has 0 radical (unpaired) electrons. The largest absolute Gasteiger partial charge is 0.390 e. The Morgan fingerprint density at radius 2 is 1.90 bits per heavy atom. The van der Waals surface area contributed by atoms with Gasteiger partial charge in [-0.1, -0.05) is 26.0 Å². The predicted molar refractivity (Wildman–Crippen MR) is 97.8 cm³/mol. The van der Waals surface area contributed by atoms with Gasteiger partial charge in [-0.15, -0.1) is 0 Å². The number of nitrogens with one attached hydrogen (secondary N) is 1. The number of fused-ring (bicyclic) bond motifs is 2. The highest BCUT2D eigenvalue weighted by Gasteiger charge is 2.93. The van der Waals surface area contributed by atoms with Crippen molar-refractivity contribution in [3.05, 3.63) is 12.2 Å². The number of carbonyl (C=O) groups is 2. The second-order valence-corrected chi connectivity index (χ2v) is 11.3. The van der Waals surface area contributed by atoms with E-state index >= 15 is 0 Å². The Bertz CT molecular complexity index is 930. The summed E-state index contributed by atoms with van der Waals surface area (Å²) in [7, 11) is 0. The smallest absolute Gasteiger partial charge is 0.226 e. The molecule has 4 N–H and O–H groups in total. The lowest BCUT2D eigenvalue weighted by atomic mass is 9.22. The third-order valence-electron chi connectivity index (χ3n) is 10.7. The van der Waals surface area contributed by atoms with Crippen molar-refractivity contribution >= 4 is 11.7 Å². The number of allylic oxidation sites excluding steroid dienone is 1. The first kappa shape index (κ1) is 17.4. The van der Waals surface area contributed by atoms with Crippen molar-refractivity contribution in [2.45, 2.75) is 50.7 Å². The van der Waals surface area contributed by atoms with Crippen LogP contribution in [-0.4, -0.2) is 57.7 Å². The molecule has 3 aliphatic heterocycles. The van der Waals surface area contributed by atoms with Gasteiger partial charge in [0.1, 0.15) is 6.10 Å². The average Bonchev–Trinajstić information content (AvgIpc) is 2.64. The van der Waals surface area contributed by atoms with Crippen molar-refractivity contribution in [1.82, 2.24) is 5.32 Å². The zero-order valence-electron chi connectivity index (χ0n) is 16.6. The third kappa shape index (κ3) is 1.26. The maximum absolute atomic E-state index is 13.6. The van der Waals surface area contributed by atoms with E-state index in [-0.39, 0.29) is 42.0 Å². The number of hydrogen-bond acceptors (Lipinski definition) is 6. The molecule has 8 aliphatic rings. The number of ketones is 1. The number of aliphatic hydroxyl groups excluding tert-OH is 2. The molecule has 7 nitrogen and oxygen atoms in total. The molecule has 0 aromatic rings.